The number of aliphatic hydroxyl groups is 1. The summed E-state index contributed by atoms with van der Waals surface area (Å²) in [5, 5.41) is 10.5. The van der Waals surface area contributed by atoms with Gasteiger partial charge in [0.05, 0.1) is 11.5 Å². The molecule has 72 valence electrons. The van der Waals surface area contributed by atoms with Crippen molar-refractivity contribution in [3.8, 4) is 0 Å². The molecule has 2 rings (SSSR count). The lowest BCUT2D eigenvalue weighted by Gasteiger charge is -1.99. The zero-order valence-electron chi connectivity index (χ0n) is 7.16. The van der Waals surface area contributed by atoms with Gasteiger partial charge in [0.1, 0.15) is 0 Å². The first kappa shape index (κ1) is 9.65. The van der Waals surface area contributed by atoms with Crippen molar-refractivity contribution >= 4 is 39.3 Å². The number of fused-ring (bicyclic) bond motifs is 1. The zero-order valence-corrected chi connectivity index (χ0v) is 8.73. The molecule has 0 saturated heterocycles. The molecule has 1 heterocycles. The first-order valence-corrected chi connectivity index (χ1v) is 5.22. The molecule has 0 aliphatic rings. The average molecular weight is 227 g/mol. The second kappa shape index (κ2) is 3.69. The van der Waals surface area contributed by atoms with Crippen molar-refractivity contribution in [2.75, 3.05) is 0 Å². The van der Waals surface area contributed by atoms with Gasteiger partial charge >= 0.3 is 0 Å². The first-order chi connectivity index (χ1) is 6.76. The van der Waals surface area contributed by atoms with Crippen LogP contribution < -0.4 is 0 Å². The molecular formula is C10H7ClO2S. The van der Waals surface area contributed by atoms with E-state index in [1.165, 1.54) is 11.3 Å². The van der Waals surface area contributed by atoms with Gasteiger partial charge < -0.3 is 5.11 Å². The highest BCUT2D eigenvalue weighted by Crippen LogP contribution is 2.33. The largest absolute Gasteiger partial charge is 0.392 e. The molecule has 0 bridgehead atoms. The predicted molar refractivity (Wildman–Crippen MR) is 58.1 cm³/mol. The van der Waals surface area contributed by atoms with Crippen LogP contribution in [-0.2, 0) is 6.61 Å². The Balaban J connectivity index is 2.81. The number of halogens is 1. The summed E-state index contributed by atoms with van der Waals surface area (Å²) < 4.78 is 0.891. The molecule has 4 heteroatoms. The van der Waals surface area contributed by atoms with Crippen LogP contribution in [0.25, 0.3) is 10.1 Å². The maximum Gasteiger partial charge on any atom is 0.160 e. The molecule has 1 aromatic heterocycles. The number of carbonyl (C=O) groups is 1. The number of hydrogen-bond donors (Lipinski definition) is 1. The Morgan fingerprint density at radius 3 is 2.93 bits per heavy atom. The van der Waals surface area contributed by atoms with Gasteiger partial charge in [-0.2, -0.15) is 0 Å². The van der Waals surface area contributed by atoms with Crippen LogP contribution in [0.5, 0.6) is 0 Å². The van der Waals surface area contributed by atoms with Crippen LogP contribution in [0.3, 0.4) is 0 Å². The molecule has 0 spiro atoms. The van der Waals surface area contributed by atoms with E-state index in [2.05, 4.69) is 0 Å². The predicted octanol–water partition coefficient (Wildman–Crippen LogP) is 2.86. The van der Waals surface area contributed by atoms with Gasteiger partial charge in [0, 0.05) is 15.1 Å². The number of benzene rings is 1. The lowest BCUT2D eigenvalue weighted by atomic mass is 10.2. The summed E-state index contributed by atoms with van der Waals surface area (Å²) in [7, 11) is 0. The summed E-state index contributed by atoms with van der Waals surface area (Å²) >= 11 is 7.32. The minimum atomic E-state index is -0.0352. The van der Waals surface area contributed by atoms with Crippen molar-refractivity contribution in [2.45, 2.75) is 6.61 Å². The first-order valence-electron chi connectivity index (χ1n) is 4.03. The number of aliphatic hydroxyl groups excluding tert-OH is 1. The van der Waals surface area contributed by atoms with Gasteiger partial charge in [-0.1, -0.05) is 17.7 Å². The summed E-state index contributed by atoms with van der Waals surface area (Å²) in [4.78, 5) is 11.2. The van der Waals surface area contributed by atoms with Crippen molar-refractivity contribution in [3.63, 3.8) is 0 Å². The van der Waals surface area contributed by atoms with Gasteiger partial charge in [-0.25, -0.2) is 0 Å². The molecule has 1 N–H and O–H groups in total. The number of aldehydes is 1. The van der Waals surface area contributed by atoms with Gasteiger partial charge in [-0.15, -0.1) is 11.3 Å². The normalized spacial score (nSPS) is 10.7. The van der Waals surface area contributed by atoms with E-state index in [0.717, 1.165) is 21.9 Å². The molecular weight excluding hydrogens is 220 g/mol. The summed E-state index contributed by atoms with van der Waals surface area (Å²) in [5.74, 6) is 0. The molecule has 1 aromatic carbocycles. The topological polar surface area (TPSA) is 37.3 Å². The lowest BCUT2D eigenvalue weighted by molar-refractivity contribution is 0.112. The maximum atomic E-state index is 10.6. The summed E-state index contributed by atoms with van der Waals surface area (Å²) in [6, 6.07) is 5.25. The standard InChI is InChI=1S/C10H7ClO2S/c11-9-2-1-6(4-12)10-8(9)3-7(5-13)14-10/h1-3,5,12H,4H2. The number of rotatable bonds is 2. The van der Waals surface area contributed by atoms with Crippen LogP contribution in [0.15, 0.2) is 18.2 Å². The zero-order chi connectivity index (χ0) is 10.1. The third kappa shape index (κ3) is 1.43. The molecule has 0 aliphatic heterocycles. The van der Waals surface area contributed by atoms with Crippen LogP contribution >= 0.6 is 22.9 Å². The molecule has 0 unspecified atom stereocenters. The minimum Gasteiger partial charge on any atom is -0.392 e. The van der Waals surface area contributed by atoms with Crippen molar-refractivity contribution < 1.29 is 9.90 Å². The van der Waals surface area contributed by atoms with E-state index in [0.29, 0.717) is 9.90 Å². The van der Waals surface area contributed by atoms with E-state index < -0.39 is 0 Å². The van der Waals surface area contributed by atoms with Crippen molar-refractivity contribution in [3.05, 3.63) is 33.7 Å². The van der Waals surface area contributed by atoms with Crippen LogP contribution in [0.4, 0.5) is 0 Å². The summed E-state index contributed by atoms with van der Waals surface area (Å²) in [6.07, 6.45) is 0.794. The summed E-state index contributed by atoms with van der Waals surface area (Å²) in [6.45, 7) is -0.0352. The Kier molecular flexibility index (Phi) is 2.54. The molecule has 0 amide bonds. The smallest absolute Gasteiger partial charge is 0.160 e. The van der Waals surface area contributed by atoms with Gasteiger partial charge in [-0.3, -0.25) is 4.79 Å². The Hall–Kier alpha value is -0.900. The van der Waals surface area contributed by atoms with E-state index in [1.54, 1.807) is 18.2 Å². The van der Waals surface area contributed by atoms with Gasteiger partial charge in [0.25, 0.3) is 0 Å². The third-order valence-electron chi connectivity index (χ3n) is 2.02. The highest BCUT2D eigenvalue weighted by molar-refractivity contribution is 7.20. The number of hydrogen-bond acceptors (Lipinski definition) is 3. The fourth-order valence-corrected chi connectivity index (χ4v) is 2.62. The molecule has 0 radical (unpaired) electrons. The van der Waals surface area contributed by atoms with Crippen LogP contribution in [-0.4, -0.2) is 11.4 Å². The molecule has 0 fully saturated rings. The van der Waals surface area contributed by atoms with Crippen molar-refractivity contribution in [1.82, 2.24) is 0 Å². The molecule has 0 atom stereocenters. The Morgan fingerprint density at radius 1 is 1.50 bits per heavy atom. The van der Waals surface area contributed by atoms with E-state index >= 15 is 0 Å². The van der Waals surface area contributed by atoms with E-state index in [-0.39, 0.29) is 6.61 Å². The van der Waals surface area contributed by atoms with Gasteiger partial charge in [0.2, 0.25) is 0 Å². The number of carbonyl (C=O) groups excluding carboxylic acids is 1. The van der Waals surface area contributed by atoms with E-state index in [1.807, 2.05) is 0 Å². The van der Waals surface area contributed by atoms with Crippen LogP contribution in [0.1, 0.15) is 15.2 Å². The monoisotopic (exact) mass is 226 g/mol. The van der Waals surface area contributed by atoms with Crippen molar-refractivity contribution in [2.24, 2.45) is 0 Å². The minimum absolute atomic E-state index is 0.0352. The van der Waals surface area contributed by atoms with Crippen molar-refractivity contribution in [1.29, 1.82) is 0 Å². The third-order valence-corrected chi connectivity index (χ3v) is 3.48. The average Bonchev–Trinajstić information content (AvgIpc) is 2.63. The van der Waals surface area contributed by atoms with E-state index in [4.69, 9.17) is 16.7 Å². The highest BCUT2D eigenvalue weighted by atomic mass is 35.5. The fraction of sp³-hybridized carbons (Fsp3) is 0.100. The van der Waals surface area contributed by atoms with Gasteiger partial charge in [-0.05, 0) is 17.7 Å². The second-order valence-corrected chi connectivity index (χ2v) is 4.37. The molecule has 2 aromatic rings. The molecule has 14 heavy (non-hydrogen) atoms. The second-order valence-electron chi connectivity index (χ2n) is 2.87. The quantitative estimate of drug-likeness (QED) is 0.800. The molecule has 0 saturated carbocycles. The highest BCUT2D eigenvalue weighted by Gasteiger charge is 2.08. The Bertz CT molecular complexity index is 490. The van der Waals surface area contributed by atoms with Crippen LogP contribution in [0, 0.1) is 0 Å². The van der Waals surface area contributed by atoms with Gasteiger partial charge in [0.15, 0.2) is 6.29 Å². The lowest BCUT2D eigenvalue weighted by Crippen LogP contribution is -1.81. The molecule has 0 aliphatic carbocycles. The Labute approximate surface area is 89.7 Å². The van der Waals surface area contributed by atoms with E-state index in [9.17, 15) is 4.79 Å². The molecule has 2 nitrogen and oxygen atoms in total. The Morgan fingerprint density at radius 2 is 2.29 bits per heavy atom. The summed E-state index contributed by atoms with van der Waals surface area (Å²) in [5.41, 5.74) is 0.808. The fourth-order valence-electron chi connectivity index (χ4n) is 1.35. The number of thiophene rings is 1. The SMILES string of the molecule is O=Cc1cc2c(Cl)ccc(CO)c2s1. The maximum absolute atomic E-state index is 10.6. The van der Waals surface area contributed by atoms with Crippen LogP contribution in [0.2, 0.25) is 5.02 Å².